The fraction of sp³-hybridized carbons (Fsp3) is 0.583. The smallest absolute Gasteiger partial charge is 0.315 e. The van der Waals surface area contributed by atoms with E-state index in [4.69, 9.17) is 5.53 Å². The zero-order valence-electron chi connectivity index (χ0n) is 9.19. The predicted octanol–water partition coefficient (Wildman–Crippen LogP) is 2.03. The van der Waals surface area contributed by atoms with Crippen LogP contribution in [0.25, 0.3) is 5.53 Å². The van der Waals surface area contributed by atoms with Crippen LogP contribution in [-0.4, -0.2) is 34.5 Å². The molecule has 1 fully saturated rings. The van der Waals surface area contributed by atoms with E-state index in [-0.39, 0.29) is 0 Å². The van der Waals surface area contributed by atoms with Gasteiger partial charge in [-0.1, -0.05) is 13.0 Å². The topological polar surface area (TPSA) is 39.6 Å². The Morgan fingerprint density at radius 1 is 1.47 bits per heavy atom. The summed E-state index contributed by atoms with van der Waals surface area (Å²) >= 11 is 0. The molecule has 2 aliphatic rings. The Hall–Kier alpha value is -1.18. The van der Waals surface area contributed by atoms with Crippen LogP contribution >= 0.6 is 0 Å². The molecule has 1 aliphatic carbocycles. The molecule has 1 atom stereocenters. The van der Waals surface area contributed by atoms with E-state index in [2.05, 4.69) is 22.7 Å². The molecule has 1 unspecified atom stereocenters. The third-order valence-corrected chi connectivity index (χ3v) is 3.22. The summed E-state index contributed by atoms with van der Waals surface area (Å²) < 4.78 is 0. The lowest BCUT2D eigenvalue weighted by Gasteiger charge is -2.27. The summed E-state index contributed by atoms with van der Waals surface area (Å²) in [7, 11) is 0. The van der Waals surface area contributed by atoms with Gasteiger partial charge in [-0.15, -0.1) is 0 Å². The zero-order valence-corrected chi connectivity index (χ0v) is 9.19. The van der Waals surface area contributed by atoms with E-state index in [1.807, 2.05) is 12.2 Å². The van der Waals surface area contributed by atoms with Crippen molar-refractivity contribution in [2.24, 2.45) is 0 Å². The number of nitrogens with zero attached hydrogens (tertiary/aromatic N) is 3. The van der Waals surface area contributed by atoms with Gasteiger partial charge in [0.05, 0.1) is 6.04 Å². The SMILES string of the molecule is CCC1=CC(=[N+]=[N-])C=CC1N1CCCC1. The van der Waals surface area contributed by atoms with E-state index in [0.717, 1.165) is 6.42 Å². The van der Waals surface area contributed by atoms with E-state index in [9.17, 15) is 0 Å². The van der Waals surface area contributed by atoms with Crippen LogP contribution in [0.2, 0.25) is 0 Å². The summed E-state index contributed by atoms with van der Waals surface area (Å²) in [5.41, 5.74) is 10.8. The van der Waals surface area contributed by atoms with E-state index in [0.29, 0.717) is 11.8 Å². The van der Waals surface area contributed by atoms with Crippen molar-refractivity contribution >= 4 is 5.71 Å². The summed E-state index contributed by atoms with van der Waals surface area (Å²) in [6.07, 6.45) is 9.69. The summed E-state index contributed by atoms with van der Waals surface area (Å²) in [5.74, 6) is 0. The maximum atomic E-state index is 8.73. The van der Waals surface area contributed by atoms with E-state index in [1.165, 1.54) is 31.5 Å². The largest absolute Gasteiger partial charge is 0.361 e. The molecular formula is C12H17N3. The second kappa shape index (κ2) is 4.56. The van der Waals surface area contributed by atoms with Crippen molar-refractivity contribution in [2.75, 3.05) is 13.1 Å². The molecule has 0 saturated carbocycles. The normalized spacial score (nSPS) is 26.6. The van der Waals surface area contributed by atoms with Crippen molar-refractivity contribution in [3.63, 3.8) is 0 Å². The highest BCUT2D eigenvalue weighted by Crippen LogP contribution is 2.23. The van der Waals surface area contributed by atoms with Gasteiger partial charge in [-0.25, -0.2) is 0 Å². The van der Waals surface area contributed by atoms with Crippen LogP contribution in [0.5, 0.6) is 0 Å². The van der Waals surface area contributed by atoms with Gasteiger partial charge in [0.2, 0.25) is 0 Å². The van der Waals surface area contributed by atoms with E-state index in [1.54, 1.807) is 0 Å². The van der Waals surface area contributed by atoms with E-state index < -0.39 is 0 Å². The molecule has 0 amide bonds. The number of hydrogen-bond acceptors (Lipinski definition) is 1. The van der Waals surface area contributed by atoms with Crippen molar-refractivity contribution in [1.29, 1.82) is 0 Å². The first-order chi connectivity index (χ1) is 7.35. The van der Waals surface area contributed by atoms with Crippen LogP contribution in [0, 0.1) is 0 Å². The van der Waals surface area contributed by atoms with Crippen LogP contribution in [0.1, 0.15) is 26.2 Å². The first kappa shape index (κ1) is 10.3. The minimum absolute atomic E-state index is 0.433. The van der Waals surface area contributed by atoms with Gasteiger partial charge in [0.1, 0.15) is 0 Å². The van der Waals surface area contributed by atoms with Crippen LogP contribution in [0.15, 0.2) is 23.8 Å². The molecule has 15 heavy (non-hydrogen) atoms. The average Bonchev–Trinajstić information content (AvgIpc) is 2.81. The van der Waals surface area contributed by atoms with Gasteiger partial charge in [-0.3, -0.25) is 4.90 Å². The molecule has 3 heteroatoms. The number of allylic oxidation sites excluding steroid dienone is 2. The van der Waals surface area contributed by atoms with Crippen molar-refractivity contribution in [3.8, 4) is 0 Å². The summed E-state index contributed by atoms with van der Waals surface area (Å²) in [5, 5.41) is 0. The lowest BCUT2D eigenvalue weighted by atomic mass is 9.96. The van der Waals surface area contributed by atoms with Crippen molar-refractivity contribution < 1.29 is 4.79 Å². The molecule has 0 radical (unpaired) electrons. The molecule has 0 aromatic heterocycles. The summed E-state index contributed by atoms with van der Waals surface area (Å²) in [4.78, 5) is 5.74. The number of hydrogen-bond donors (Lipinski definition) is 0. The molecule has 1 aliphatic heterocycles. The zero-order chi connectivity index (χ0) is 10.7. The van der Waals surface area contributed by atoms with Gasteiger partial charge in [-0.2, -0.15) is 4.79 Å². The quantitative estimate of drug-likeness (QED) is 0.500. The van der Waals surface area contributed by atoms with Crippen molar-refractivity contribution in [3.05, 3.63) is 29.3 Å². The van der Waals surface area contributed by atoms with Gasteiger partial charge >= 0.3 is 5.71 Å². The fourth-order valence-corrected chi connectivity index (χ4v) is 2.39. The Labute approximate surface area is 90.7 Å². The minimum atomic E-state index is 0.433. The van der Waals surface area contributed by atoms with Crippen molar-refractivity contribution in [1.82, 2.24) is 4.90 Å². The molecule has 3 nitrogen and oxygen atoms in total. The first-order valence-electron chi connectivity index (χ1n) is 5.70. The third-order valence-electron chi connectivity index (χ3n) is 3.22. The lowest BCUT2D eigenvalue weighted by molar-refractivity contribution is -0.00183. The monoisotopic (exact) mass is 203 g/mol. The lowest BCUT2D eigenvalue weighted by Crippen LogP contribution is -2.34. The molecule has 1 saturated heterocycles. The summed E-state index contributed by atoms with van der Waals surface area (Å²) in [6, 6.07) is 0.433. The third kappa shape index (κ3) is 2.09. The van der Waals surface area contributed by atoms with E-state index >= 15 is 0 Å². The maximum Gasteiger partial charge on any atom is 0.315 e. The molecule has 1 heterocycles. The molecule has 0 aromatic carbocycles. The average molecular weight is 203 g/mol. The number of rotatable bonds is 2. The molecule has 0 bridgehead atoms. The fourth-order valence-electron chi connectivity index (χ4n) is 2.39. The highest BCUT2D eigenvalue weighted by atomic mass is 15.2. The van der Waals surface area contributed by atoms with Crippen molar-refractivity contribution in [2.45, 2.75) is 32.2 Å². The number of likely N-dealkylation sites (tertiary alicyclic amines) is 1. The highest BCUT2D eigenvalue weighted by Gasteiger charge is 2.25. The second-order valence-corrected chi connectivity index (χ2v) is 4.14. The maximum absolute atomic E-state index is 8.73. The second-order valence-electron chi connectivity index (χ2n) is 4.14. The molecule has 2 rings (SSSR count). The standard InChI is InChI=1S/C12H17N3/c1-2-10-9-11(14-13)5-6-12(10)15-7-3-4-8-15/h5-6,9,12H,2-4,7-8H2,1H3. The molecular weight excluding hydrogens is 186 g/mol. The van der Waals surface area contributed by atoms with Crippen LogP contribution in [0.4, 0.5) is 0 Å². The molecule has 0 N–H and O–H groups in total. The van der Waals surface area contributed by atoms with Gasteiger partial charge in [0.15, 0.2) is 0 Å². The van der Waals surface area contributed by atoms with Crippen LogP contribution in [-0.2, 0) is 0 Å². The molecule has 0 spiro atoms. The first-order valence-corrected chi connectivity index (χ1v) is 5.70. The Morgan fingerprint density at radius 3 is 2.80 bits per heavy atom. The Morgan fingerprint density at radius 2 is 2.20 bits per heavy atom. The van der Waals surface area contributed by atoms with Gasteiger partial charge in [-0.05, 0) is 37.9 Å². The Balaban J connectivity index is 2.19. The molecule has 80 valence electrons. The van der Waals surface area contributed by atoms with Crippen LogP contribution < -0.4 is 0 Å². The van der Waals surface area contributed by atoms with Crippen LogP contribution in [0.3, 0.4) is 0 Å². The molecule has 0 aromatic rings. The predicted molar refractivity (Wildman–Crippen MR) is 60.7 cm³/mol. The highest BCUT2D eigenvalue weighted by molar-refractivity contribution is 6.01. The Kier molecular flexibility index (Phi) is 3.14. The summed E-state index contributed by atoms with van der Waals surface area (Å²) in [6.45, 7) is 4.54. The Bertz CT molecular complexity index is 342. The minimum Gasteiger partial charge on any atom is -0.361 e. The van der Waals surface area contributed by atoms with Gasteiger partial charge in [0.25, 0.3) is 0 Å². The van der Waals surface area contributed by atoms with Gasteiger partial charge in [0, 0.05) is 12.2 Å². The van der Waals surface area contributed by atoms with Gasteiger partial charge < -0.3 is 5.53 Å².